The first-order valence-corrected chi connectivity index (χ1v) is 7.93. The van der Waals surface area contributed by atoms with Crippen molar-refractivity contribution in [1.29, 1.82) is 0 Å². The molecule has 2 aromatic rings. The molecule has 1 atom stereocenters. The van der Waals surface area contributed by atoms with E-state index in [0.29, 0.717) is 6.04 Å². The van der Waals surface area contributed by atoms with E-state index in [1.54, 1.807) is 17.7 Å². The Morgan fingerprint density at radius 2 is 2.42 bits per heavy atom. The molecular weight excluding hydrogens is 256 g/mol. The van der Waals surface area contributed by atoms with E-state index in [4.69, 9.17) is 0 Å². The van der Waals surface area contributed by atoms with Crippen molar-refractivity contribution in [2.45, 2.75) is 32.2 Å². The third-order valence-corrected chi connectivity index (χ3v) is 4.52. The number of rotatable bonds is 5. The zero-order chi connectivity index (χ0) is 13.1. The van der Waals surface area contributed by atoms with E-state index in [1.807, 2.05) is 0 Å². The van der Waals surface area contributed by atoms with Crippen LogP contribution in [0.1, 0.15) is 26.2 Å². The maximum absolute atomic E-state index is 4.54. The molecule has 102 valence electrons. The summed E-state index contributed by atoms with van der Waals surface area (Å²) in [6, 6.07) is 2.68. The van der Waals surface area contributed by atoms with Gasteiger partial charge in [0, 0.05) is 19.1 Å². The molecule has 5 heteroatoms. The fraction of sp³-hybridized carbons (Fsp3) is 0.571. The minimum absolute atomic E-state index is 0.608. The van der Waals surface area contributed by atoms with E-state index in [9.17, 15) is 0 Å². The maximum atomic E-state index is 4.54. The Hall–Kier alpha value is -1.20. The average Bonchev–Trinajstić information content (AvgIpc) is 3.08. The number of nitrogens with zero attached hydrogens (tertiary/aromatic N) is 3. The van der Waals surface area contributed by atoms with Gasteiger partial charge in [0.05, 0.1) is 10.2 Å². The molecule has 1 aliphatic heterocycles. The zero-order valence-electron chi connectivity index (χ0n) is 11.3. The van der Waals surface area contributed by atoms with Gasteiger partial charge in [0.2, 0.25) is 0 Å². The third-order valence-electron chi connectivity index (χ3n) is 3.62. The van der Waals surface area contributed by atoms with Crippen LogP contribution in [-0.4, -0.2) is 35.6 Å². The van der Waals surface area contributed by atoms with E-state index in [1.165, 1.54) is 17.5 Å². The molecule has 1 aliphatic rings. The molecule has 1 saturated heterocycles. The Balaban J connectivity index is 1.87. The molecule has 4 nitrogen and oxygen atoms in total. The average molecular weight is 276 g/mol. The number of anilines is 1. The molecule has 3 heterocycles. The Labute approximate surface area is 117 Å². The normalized spacial score (nSPS) is 19.1. The lowest BCUT2D eigenvalue weighted by Crippen LogP contribution is -2.38. The lowest BCUT2D eigenvalue weighted by Gasteiger charge is -2.26. The van der Waals surface area contributed by atoms with E-state index in [0.717, 1.165) is 37.4 Å². The smallest absolute Gasteiger partial charge is 0.150 e. The van der Waals surface area contributed by atoms with Gasteiger partial charge in [0.15, 0.2) is 0 Å². The summed E-state index contributed by atoms with van der Waals surface area (Å²) < 4.78 is 1.22. The number of fused-ring (bicyclic) bond motifs is 1. The molecule has 0 bridgehead atoms. The highest BCUT2D eigenvalue weighted by molar-refractivity contribution is 7.17. The van der Waals surface area contributed by atoms with Gasteiger partial charge < -0.3 is 10.2 Å². The van der Waals surface area contributed by atoms with Gasteiger partial charge in [-0.3, -0.25) is 0 Å². The van der Waals surface area contributed by atoms with Crippen LogP contribution in [0.25, 0.3) is 10.2 Å². The van der Waals surface area contributed by atoms with Gasteiger partial charge in [-0.1, -0.05) is 6.92 Å². The summed E-state index contributed by atoms with van der Waals surface area (Å²) in [5.41, 5.74) is 1.07. The predicted molar refractivity (Wildman–Crippen MR) is 80.9 cm³/mol. The summed E-state index contributed by atoms with van der Waals surface area (Å²) in [6.07, 6.45) is 5.40. The standard InChI is InChI=1S/C14H20N4S/c1-2-7-18(9-11-4-3-6-15-11)14-13-12(5-8-19-13)16-10-17-14/h5,8,10-11,15H,2-4,6-7,9H2,1H3. The summed E-state index contributed by atoms with van der Waals surface area (Å²) in [6.45, 7) is 5.49. The van der Waals surface area contributed by atoms with Gasteiger partial charge in [-0.05, 0) is 37.3 Å². The number of hydrogen-bond donors (Lipinski definition) is 1. The molecule has 3 rings (SSSR count). The van der Waals surface area contributed by atoms with Crippen LogP contribution in [0.5, 0.6) is 0 Å². The largest absolute Gasteiger partial charge is 0.354 e. The van der Waals surface area contributed by atoms with Crippen molar-refractivity contribution in [1.82, 2.24) is 15.3 Å². The molecule has 0 radical (unpaired) electrons. The monoisotopic (exact) mass is 276 g/mol. The summed E-state index contributed by atoms with van der Waals surface area (Å²) in [5, 5.41) is 5.67. The minimum atomic E-state index is 0.608. The third kappa shape index (κ3) is 2.72. The molecule has 0 spiro atoms. The number of nitrogens with one attached hydrogen (secondary N) is 1. The van der Waals surface area contributed by atoms with Crippen molar-refractivity contribution in [2.24, 2.45) is 0 Å². The lowest BCUT2D eigenvalue weighted by molar-refractivity contribution is 0.576. The molecule has 2 aromatic heterocycles. The fourth-order valence-electron chi connectivity index (χ4n) is 2.73. The Morgan fingerprint density at radius 1 is 1.47 bits per heavy atom. The van der Waals surface area contributed by atoms with Crippen LogP contribution < -0.4 is 10.2 Å². The summed E-state index contributed by atoms with van der Waals surface area (Å²) in [7, 11) is 0. The van der Waals surface area contributed by atoms with Gasteiger partial charge in [-0.15, -0.1) is 11.3 Å². The van der Waals surface area contributed by atoms with E-state index in [-0.39, 0.29) is 0 Å². The number of thiophene rings is 1. The number of hydrogen-bond acceptors (Lipinski definition) is 5. The van der Waals surface area contributed by atoms with E-state index >= 15 is 0 Å². The van der Waals surface area contributed by atoms with Gasteiger partial charge in [-0.2, -0.15) is 0 Å². The van der Waals surface area contributed by atoms with Crippen LogP contribution in [0.3, 0.4) is 0 Å². The SMILES string of the molecule is CCCN(CC1CCCN1)c1ncnc2ccsc12. The van der Waals surface area contributed by atoms with E-state index in [2.05, 4.69) is 38.6 Å². The highest BCUT2D eigenvalue weighted by Crippen LogP contribution is 2.28. The van der Waals surface area contributed by atoms with Crippen LogP contribution >= 0.6 is 11.3 Å². The topological polar surface area (TPSA) is 41.0 Å². The summed E-state index contributed by atoms with van der Waals surface area (Å²) in [5.74, 6) is 1.11. The molecule has 1 unspecified atom stereocenters. The molecule has 1 N–H and O–H groups in total. The molecular formula is C14H20N4S. The van der Waals surface area contributed by atoms with Gasteiger partial charge >= 0.3 is 0 Å². The first-order valence-electron chi connectivity index (χ1n) is 7.05. The fourth-order valence-corrected chi connectivity index (χ4v) is 3.60. The Kier molecular flexibility index (Phi) is 3.94. The lowest BCUT2D eigenvalue weighted by atomic mass is 10.2. The van der Waals surface area contributed by atoms with Gasteiger partial charge in [-0.25, -0.2) is 9.97 Å². The second kappa shape index (κ2) is 5.84. The molecule has 0 aliphatic carbocycles. The van der Waals surface area contributed by atoms with Crippen molar-refractivity contribution in [2.75, 3.05) is 24.5 Å². The second-order valence-corrected chi connectivity index (χ2v) is 5.99. The van der Waals surface area contributed by atoms with Crippen molar-refractivity contribution in [3.05, 3.63) is 17.8 Å². The van der Waals surface area contributed by atoms with Crippen molar-refractivity contribution in [3.8, 4) is 0 Å². The van der Waals surface area contributed by atoms with Crippen LogP contribution in [0.15, 0.2) is 17.8 Å². The van der Waals surface area contributed by atoms with Crippen molar-refractivity contribution < 1.29 is 0 Å². The zero-order valence-corrected chi connectivity index (χ0v) is 12.1. The minimum Gasteiger partial charge on any atom is -0.354 e. The van der Waals surface area contributed by atoms with Crippen LogP contribution in [0.4, 0.5) is 5.82 Å². The Bertz CT molecular complexity index is 533. The van der Waals surface area contributed by atoms with Gasteiger partial charge in [0.1, 0.15) is 12.1 Å². The predicted octanol–water partition coefficient (Wildman–Crippen LogP) is 2.66. The van der Waals surface area contributed by atoms with Crippen LogP contribution in [0.2, 0.25) is 0 Å². The summed E-state index contributed by atoms with van der Waals surface area (Å²) in [4.78, 5) is 11.3. The number of aromatic nitrogens is 2. The second-order valence-electron chi connectivity index (χ2n) is 5.07. The van der Waals surface area contributed by atoms with Crippen molar-refractivity contribution in [3.63, 3.8) is 0 Å². The summed E-state index contributed by atoms with van der Waals surface area (Å²) >= 11 is 1.74. The molecule has 0 saturated carbocycles. The Morgan fingerprint density at radius 3 is 3.21 bits per heavy atom. The first kappa shape index (κ1) is 12.8. The molecule has 19 heavy (non-hydrogen) atoms. The molecule has 1 fully saturated rings. The van der Waals surface area contributed by atoms with Gasteiger partial charge in [0.25, 0.3) is 0 Å². The van der Waals surface area contributed by atoms with Crippen LogP contribution in [0, 0.1) is 0 Å². The van der Waals surface area contributed by atoms with Crippen molar-refractivity contribution >= 4 is 27.4 Å². The van der Waals surface area contributed by atoms with Crippen LogP contribution in [-0.2, 0) is 0 Å². The van der Waals surface area contributed by atoms with E-state index < -0.39 is 0 Å². The maximum Gasteiger partial charge on any atom is 0.150 e. The highest BCUT2D eigenvalue weighted by atomic mass is 32.1. The molecule has 0 amide bonds. The first-order chi connectivity index (χ1) is 9.38. The quantitative estimate of drug-likeness (QED) is 0.911. The highest BCUT2D eigenvalue weighted by Gasteiger charge is 2.20. The molecule has 0 aromatic carbocycles.